The highest BCUT2D eigenvalue weighted by Crippen LogP contribution is 2.30. The van der Waals surface area contributed by atoms with Crippen molar-refractivity contribution in [3.8, 4) is 0 Å². The number of amides is 4. The summed E-state index contributed by atoms with van der Waals surface area (Å²) >= 11 is 3.32. The van der Waals surface area contributed by atoms with E-state index in [9.17, 15) is 18.8 Å². The van der Waals surface area contributed by atoms with Crippen LogP contribution in [-0.2, 0) is 9.59 Å². The van der Waals surface area contributed by atoms with E-state index in [1.54, 1.807) is 25.1 Å². The molecule has 1 aromatic carbocycles. The second kappa shape index (κ2) is 6.75. The van der Waals surface area contributed by atoms with Gasteiger partial charge in [0.05, 0.1) is 10.2 Å². The molecule has 134 valence electrons. The van der Waals surface area contributed by atoms with E-state index < -0.39 is 23.7 Å². The van der Waals surface area contributed by atoms with Crippen LogP contribution in [0.4, 0.5) is 20.8 Å². The lowest BCUT2D eigenvalue weighted by molar-refractivity contribution is -0.122. The zero-order valence-corrected chi connectivity index (χ0v) is 15.3. The zero-order valence-electron chi connectivity index (χ0n) is 13.7. The largest absolute Gasteiger partial charge is 0.440 e. The van der Waals surface area contributed by atoms with E-state index in [2.05, 4.69) is 21.2 Å². The molecule has 1 aliphatic rings. The van der Waals surface area contributed by atoms with Gasteiger partial charge in [0.1, 0.15) is 17.2 Å². The Balaban J connectivity index is 2.01. The summed E-state index contributed by atoms with van der Waals surface area (Å²) in [5.41, 5.74) is -0.291. The third kappa shape index (κ3) is 3.25. The smallest absolute Gasteiger partial charge is 0.335 e. The van der Waals surface area contributed by atoms with Crippen molar-refractivity contribution in [3.63, 3.8) is 0 Å². The average molecular weight is 422 g/mol. The molecule has 0 atom stereocenters. The Morgan fingerprint density at radius 1 is 1.23 bits per heavy atom. The van der Waals surface area contributed by atoms with Crippen molar-refractivity contribution >= 4 is 51.4 Å². The van der Waals surface area contributed by atoms with Crippen molar-refractivity contribution < 1.29 is 23.2 Å². The fourth-order valence-corrected chi connectivity index (χ4v) is 3.06. The fraction of sp³-hybridized carbons (Fsp3) is 0.118. The molecule has 0 radical (unpaired) electrons. The molecule has 0 spiro atoms. The summed E-state index contributed by atoms with van der Waals surface area (Å²) in [5.74, 6) is -1.60. The first-order valence-corrected chi connectivity index (χ1v) is 8.21. The fourth-order valence-electron chi connectivity index (χ4n) is 2.40. The Labute approximate surface area is 156 Å². The van der Waals surface area contributed by atoms with Crippen LogP contribution in [-0.4, -0.2) is 31.9 Å². The molecule has 3 rings (SSSR count). The van der Waals surface area contributed by atoms with Gasteiger partial charge in [0.25, 0.3) is 11.8 Å². The van der Waals surface area contributed by atoms with Gasteiger partial charge in [-0.2, -0.15) is 0 Å². The highest BCUT2D eigenvalue weighted by molar-refractivity contribution is 9.10. The number of carbonyl (C=O) groups is 3. The number of urea groups is 1. The van der Waals surface area contributed by atoms with Gasteiger partial charge in [-0.3, -0.25) is 14.9 Å². The number of hydrogen-bond donors (Lipinski definition) is 1. The van der Waals surface area contributed by atoms with Crippen molar-refractivity contribution in [2.75, 3.05) is 23.9 Å². The number of anilines is 2. The van der Waals surface area contributed by atoms with Crippen LogP contribution in [0.3, 0.4) is 0 Å². The number of nitrogens with one attached hydrogen (secondary N) is 1. The molecule has 0 saturated carbocycles. The third-order valence-electron chi connectivity index (χ3n) is 3.55. The van der Waals surface area contributed by atoms with Gasteiger partial charge in [0.15, 0.2) is 0 Å². The lowest BCUT2D eigenvalue weighted by Gasteiger charge is -2.26. The van der Waals surface area contributed by atoms with Crippen LogP contribution in [0.2, 0.25) is 0 Å². The molecule has 1 aromatic heterocycles. The first-order valence-electron chi connectivity index (χ1n) is 7.41. The molecule has 0 unspecified atom stereocenters. The molecular formula is C17H13BrFN3O4. The number of carbonyl (C=O) groups excluding carboxylic acids is 3. The summed E-state index contributed by atoms with van der Waals surface area (Å²) < 4.78 is 19.6. The van der Waals surface area contributed by atoms with E-state index in [1.807, 2.05) is 0 Å². The van der Waals surface area contributed by atoms with Crippen LogP contribution in [0.15, 0.2) is 44.8 Å². The Morgan fingerprint density at radius 3 is 2.58 bits per heavy atom. The van der Waals surface area contributed by atoms with Gasteiger partial charge in [-0.15, -0.1) is 0 Å². The minimum absolute atomic E-state index is 0.0144. The van der Waals surface area contributed by atoms with Crippen molar-refractivity contribution in [3.05, 3.63) is 52.0 Å². The van der Waals surface area contributed by atoms with Gasteiger partial charge in [0.2, 0.25) is 5.88 Å². The van der Waals surface area contributed by atoms with Crippen LogP contribution < -0.4 is 15.1 Å². The summed E-state index contributed by atoms with van der Waals surface area (Å²) in [6.07, 6.45) is 1.23. The number of hydrogen-bond acceptors (Lipinski definition) is 5. The maximum Gasteiger partial charge on any atom is 0.335 e. The highest BCUT2D eigenvalue weighted by atomic mass is 79.9. The summed E-state index contributed by atoms with van der Waals surface area (Å²) in [6.45, 7) is 0. The topological polar surface area (TPSA) is 82.9 Å². The molecule has 0 aliphatic carbocycles. The first kappa shape index (κ1) is 17.9. The molecule has 1 saturated heterocycles. The number of benzene rings is 1. The maximum absolute atomic E-state index is 13.4. The summed E-state index contributed by atoms with van der Waals surface area (Å²) in [4.78, 5) is 39.2. The van der Waals surface area contributed by atoms with Crippen LogP contribution in [0.1, 0.15) is 5.76 Å². The van der Waals surface area contributed by atoms with E-state index in [-0.39, 0.29) is 17.0 Å². The van der Waals surface area contributed by atoms with Gasteiger partial charge in [-0.1, -0.05) is 6.07 Å². The Hall–Kier alpha value is -2.94. The molecule has 0 bridgehead atoms. The molecular weight excluding hydrogens is 409 g/mol. The predicted molar refractivity (Wildman–Crippen MR) is 96.1 cm³/mol. The molecule has 1 N–H and O–H groups in total. The molecule has 7 nitrogen and oxygen atoms in total. The van der Waals surface area contributed by atoms with E-state index in [1.165, 1.54) is 24.3 Å². The Bertz CT molecular complexity index is 951. The maximum atomic E-state index is 13.4. The van der Waals surface area contributed by atoms with Crippen LogP contribution in [0.25, 0.3) is 6.08 Å². The number of imide groups is 2. The quantitative estimate of drug-likeness (QED) is 0.608. The Morgan fingerprint density at radius 2 is 1.96 bits per heavy atom. The van der Waals surface area contributed by atoms with E-state index in [0.717, 1.165) is 6.07 Å². The Kier molecular flexibility index (Phi) is 4.64. The first-order chi connectivity index (χ1) is 12.3. The second-order valence-electron chi connectivity index (χ2n) is 5.63. The predicted octanol–water partition coefficient (Wildman–Crippen LogP) is 2.91. The normalized spacial score (nSPS) is 16.2. The van der Waals surface area contributed by atoms with Crippen LogP contribution in [0.5, 0.6) is 0 Å². The van der Waals surface area contributed by atoms with Crippen molar-refractivity contribution in [1.82, 2.24) is 5.32 Å². The molecule has 2 heterocycles. The van der Waals surface area contributed by atoms with Crippen LogP contribution >= 0.6 is 15.9 Å². The molecule has 1 fully saturated rings. The molecule has 4 amide bonds. The van der Waals surface area contributed by atoms with E-state index in [0.29, 0.717) is 15.3 Å². The highest BCUT2D eigenvalue weighted by Gasteiger charge is 2.37. The van der Waals surface area contributed by atoms with Gasteiger partial charge < -0.3 is 9.32 Å². The average Bonchev–Trinajstić information content (AvgIpc) is 2.92. The summed E-state index contributed by atoms with van der Waals surface area (Å²) in [7, 11) is 3.53. The monoisotopic (exact) mass is 421 g/mol. The number of furan rings is 1. The van der Waals surface area contributed by atoms with Gasteiger partial charge >= 0.3 is 6.03 Å². The van der Waals surface area contributed by atoms with E-state index in [4.69, 9.17) is 4.42 Å². The van der Waals surface area contributed by atoms with Crippen molar-refractivity contribution in [1.29, 1.82) is 0 Å². The number of halogens is 2. The second-order valence-corrected chi connectivity index (χ2v) is 6.49. The van der Waals surface area contributed by atoms with Crippen molar-refractivity contribution in [2.24, 2.45) is 0 Å². The molecule has 2 aromatic rings. The standard InChI is InChI=1S/C17H13BrFN3O4/c1-21(2)16-13(18)8-11(26-16)7-12-14(23)20-17(25)22(15(12)24)10-5-3-4-9(19)6-10/h3-8H,1-2H3,(H,20,23,25)/b12-7+. The minimum atomic E-state index is -0.947. The number of rotatable bonds is 3. The SMILES string of the molecule is CN(C)c1oc(/C=C2\C(=O)NC(=O)N(c3cccc(F)c3)C2=O)cc1Br. The third-order valence-corrected chi connectivity index (χ3v) is 4.12. The molecule has 9 heteroatoms. The van der Waals surface area contributed by atoms with Crippen molar-refractivity contribution in [2.45, 2.75) is 0 Å². The summed E-state index contributed by atoms with van der Waals surface area (Å²) in [6, 6.07) is 5.60. The molecule has 1 aliphatic heterocycles. The zero-order chi connectivity index (χ0) is 19.0. The lowest BCUT2D eigenvalue weighted by Crippen LogP contribution is -2.54. The number of barbiturate groups is 1. The van der Waals surface area contributed by atoms with Gasteiger partial charge in [-0.25, -0.2) is 14.1 Å². The summed E-state index contributed by atoms with van der Waals surface area (Å²) in [5, 5.41) is 2.06. The molecule has 26 heavy (non-hydrogen) atoms. The van der Waals surface area contributed by atoms with Gasteiger partial charge in [-0.05, 0) is 40.2 Å². The van der Waals surface area contributed by atoms with Crippen LogP contribution in [0, 0.1) is 5.82 Å². The number of nitrogens with zero attached hydrogens (tertiary/aromatic N) is 2. The van der Waals surface area contributed by atoms with E-state index >= 15 is 0 Å². The lowest BCUT2D eigenvalue weighted by atomic mass is 10.1. The van der Waals surface area contributed by atoms with Gasteiger partial charge in [0, 0.05) is 20.2 Å². The minimum Gasteiger partial charge on any atom is -0.440 e.